The van der Waals surface area contributed by atoms with Gasteiger partial charge in [-0.25, -0.2) is 0 Å². The molecule has 1 aliphatic rings. The molecule has 4 nitrogen and oxygen atoms in total. The molecule has 1 amide bonds. The second kappa shape index (κ2) is 8.14. The number of piperidine rings is 1. The number of carbonyl (C=O) groups is 1. The summed E-state index contributed by atoms with van der Waals surface area (Å²) in [5.74, 6) is 1.03. The molecule has 21 heavy (non-hydrogen) atoms. The average molecular weight is 297 g/mol. The maximum Gasteiger partial charge on any atom is 0.239 e. The van der Waals surface area contributed by atoms with Crippen molar-refractivity contribution in [1.82, 2.24) is 15.1 Å². The Morgan fingerprint density at radius 3 is 2.19 bits per heavy atom. The molecule has 1 unspecified atom stereocenters. The molecule has 1 aliphatic heterocycles. The van der Waals surface area contributed by atoms with Crippen molar-refractivity contribution in [1.29, 1.82) is 0 Å². The van der Waals surface area contributed by atoms with E-state index in [1.807, 2.05) is 4.90 Å². The molecule has 4 heteroatoms. The summed E-state index contributed by atoms with van der Waals surface area (Å²) in [6.45, 7) is 17.6. The first-order chi connectivity index (χ1) is 9.78. The van der Waals surface area contributed by atoms with Crippen LogP contribution in [0.2, 0.25) is 0 Å². The van der Waals surface area contributed by atoms with E-state index in [9.17, 15) is 4.79 Å². The summed E-state index contributed by atoms with van der Waals surface area (Å²) in [5.41, 5.74) is 0.198. The third-order valence-electron chi connectivity index (χ3n) is 4.55. The second-order valence-corrected chi connectivity index (χ2v) is 7.30. The first-order valence-electron chi connectivity index (χ1n) is 8.56. The van der Waals surface area contributed by atoms with E-state index in [-0.39, 0.29) is 17.5 Å². The molecule has 1 heterocycles. The highest BCUT2D eigenvalue weighted by atomic mass is 16.2. The monoisotopic (exact) mass is 297 g/mol. The summed E-state index contributed by atoms with van der Waals surface area (Å²) in [6, 6.07) is 0.0291. The van der Waals surface area contributed by atoms with Crippen molar-refractivity contribution in [3.05, 3.63) is 0 Å². The number of likely N-dealkylation sites (tertiary alicyclic amines) is 1. The maximum absolute atomic E-state index is 12.4. The topological polar surface area (TPSA) is 35.6 Å². The van der Waals surface area contributed by atoms with Gasteiger partial charge >= 0.3 is 0 Å². The molecular formula is C17H35N3O. The lowest BCUT2D eigenvalue weighted by Crippen LogP contribution is -2.50. The van der Waals surface area contributed by atoms with Crippen molar-refractivity contribution in [2.24, 2.45) is 5.92 Å². The van der Waals surface area contributed by atoms with Gasteiger partial charge in [0.2, 0.25) is 5.91 Å². The van der Waals surface area contributed by atoms with E-state index in [2.05, 4.69) is 51.8 Å². The Bertz CT molecular complexity index is 312. The van der Waals surface area contributed by atoms with Crippen LogP contribution in [0.25, 0.3) is 0 Å². The minimum Gasteiger partial charge on any atom is -0.342 e. The fourth-order valence-corrected chi connectivity index (χ4v) is 2.95. The zero-order valence-electron chi connectivity index (χ0n) is 14.9. The van der Waals surface area contributed by atoms with Crippen LogP contribution in [0.4, 0.5) is 0 Å². The fraction of sp³-hybridized carbons (Fsp3) is 0.941. The Morgan fingerprint density at radius 1 is 1.24 bits per heavy atom. The summed E-state index contributed by atoms with van der Waals surface area (Å²) in [6.07, 6.45) is 2.39. The van der Waals surface area contributed by atoms with Crippen LogP contribution < -0.4 is 5.32 Å². The van der Waals surface area contributed by atoms with Gasteiger partial charge in [0, 0.05) is 18.6 Å². The first-order valence-corrected chi connectivity index (χ1v) is 8.56. The molecule has 0 radical (unpaired) electrons. The Morgan fingerprint density at radius 2 is 1.76 bits per heavy atom. The SMILES string of the molecule is CCN(CC)C(=O)C(C)N1CCC(CNC(C)(C)C)CC1. The van der Waals surface area contributed by atoms with Crippen LogP contribution in [0.3, 0.4) is 0 Å². The largest absolute Gasteiger partial charge is 0.342 e. The molecule has 1 N–H and O–H groups in total. The van der Waals surface area contributed by atoms with Gasteiger partial charge in [0.15, 0.2) is 0 Å². The molecule has 0 aromatic rings. The van der Waals surface area contributed by atoms with Crippen molar-refractivity contribution in [2.45, 2.75) is 66.0 Å². The summed E-state index contributed by atoms with van der Waals surface area (Å²) in [7, 11) is 0. The van der Waals surface area contributed by atoms with E-state index in [0.29, 0.717) is 0 Å². The number of amides is 1. The first kappa shape index (κ1) is 18.4. The van der Waals surface area contributed by atoms with Crippen LogP contribution in [-0.2, 0) is 4.79 Å². The molecule has 0 aromatic heterocycles. The Kier molecular flexibility index (Phi) is 7.14. The van der Waals surface area contributed by atoms with Crippen molar-refractivity contribution in [3.8, 4) is 0 Å². The summed E-state index contributed by atoms with van der Waals surface area (Å²) in [4.78, 5) is 16.7. The molecule has 124 valence electrons. The van der Waals surface area contributed by atoms with Crippen LogP contribution >= 0.6 is 0 Å². The smallest absolute Gasteiger partial charge is 0.239 e. The van der Waals surface area contributed by atoms with Crippen molar-refractivity contribution in [3.63, 3.8) is 0 Å². The summed E-state index contributed by atoms with van der Waals surface area (Å²) < 4.78 is 0. The normalized spacial score (nSPS) is 19.5. The number of hydrogen-bond donors (Lipinski definition) is 1. The lowest BCUT2D eigenvalue weighted by Gasteiger charge is -2.38. The van der Waals surface area contributed by atoms with Gasteiger partial charge in [-0.2, -0.15) is 0 Å². The average Bonchev–Trinajstić information content (AvgIpc) is 2.45. The molecule has 0 spiro atoms. The van der Waals surface area contributed by atoms with Crippen LogP contribution in [-0.4, -0.2) is 60.0 Å². The quantitative estimate of drug-likeness (QED) is 0.817. The van der Waals surface area contributed by atoms with E-state index in [4.69, 9.17) is 0 Å². The molecule has 0 aromatic carbocycles. The number of hydrogen-bond acceptors (Lipinski definition) is 3. The molecule has 1 saturated heterocycles. The standard InChI is InChI=1S/C17H35N3O/c1-7-19(8-2)16(21)14(3)20-11-9-15(10-12-20)13-18-17(4,5)6/h14-15,18H,7-13H2,1-6H3. The third kappa shape index (κ3) is 5.95. The van der Waals surface area contributed by atoms with Gasteiger partial charge in [0.25, 0.3) is 0 Å². The lowest BCUT2D eigenvalue weighted by atomic mass is 9.94. The minimum absolute atomic E-state index is 0.0291. The van der Waals surface area contributed by atoms with Crippen LogP contribution in [0.15, 0.2) is 0 Å². The predicted octanol–water partition coefficient (Wildman–Crippen LogP) is 2.34. The second-order valence-electron chi connectivity index (χ2n) is 7.30. The van der Waals surface area contributed by atoms with Gasteiger partial charge in [0.05, 0.1) is 6.04 Å². The third-order valence-corrected chi connectivity index (χ3v) is 4.55. The number of carbonyl (C=O) groups excluding carboxylic acids is 1. The highest BCUT2D eigenvalue weighted by Crippen LogP contribution is 2.20. The van der Waals surface area contributed by atoms with E-state index < -0.39 is 0 Å². The van der Waals surface area contributed by atoms with Crippen molar-refractivity contribution in [2.75, 3.05) is 32.7 Å². The van der Waals surface area contributed by atoms with Crippen LogP contribution in [0.1, 0.15) is 54.4 Å². The van der Waals surface area contributed by atoms with Crippen LogP contribution in [0, 0.1) is 5.92 Å². The number of nitrogens with one attached hydrogen (secondary N) is 1. The van der Waals surface area contributed by atoms with Crippen molar-refractivity contribution >= 4 is 5.91 Å². The molecule has 1 fully saturated rings. The maximum atomic E-state index is 12.4. The van der Waals surface area contributed by atoms with Crippen molar-refractivity contribution < 1.29 is 4.79 Å². The summed E-state index contributed by atoms with van der Waals surface area (Å²) in [5, 5.41) is 3.60. The summed E-state index contributed by atoms with van der Waals surface area (Å²) >= 11 is 0. The van der Waals surface area contributed by atoms with Gasteiger partial charge < -0.3 is 10.2 Å². The number of nitrogens with zero attached hydrogens (tertiary/aromatic N) is 2. The molecule has 0 aliphatic carbocycles. The van der Waals surface area contributed by atoms with E-state index >= 15 is 0 Å². The molecule has 0 bridgehead atoms. The number of rotatable bonds is 6. The minimum atomic E-state index is 0.0291. The van der Waals surface area contributed by atoms with E-state index in [1.54, 1.807) is 0 Å². The highest BCUT2D eigenvalue weighted by Gasteiger charge is 2.28. The highest BCUT2D eigenvalue weighted by molar-refractivity contribution is 5.81. The van der Waals surface area contributed by atoms with E-state index in [0.717, 1.165) is 38.6 Å². The Labute approximate surface area is 131 Å². The fourth-order valence-electron chi connectivity index (χ4n) is 2.95. The van der Waals surface area contributed by atoms with Gasteiger partial charge in [-0.1, -0.05) is 0 Å². The Balaban J connectivity index is 2.40. The van der Waals surface area contributed by atoms with E-state index in [1.165, 1.54) is 12.8 Å². The molecule has 0 saturated carbocycles. The van der Waals surface area contributed by atoms with Gasteiger partial charge in [-0.3, -0.25) is 9.69 Å². The van der Waals surface area contributed by atoms with Gasteiger partial charge in [-0.15, -0.1) is 0 Å². The predicted molar refractivity (Wildman–Crippen MR) is 89.4 cm³/mol. The zero-order chi connectivity index (χ0) is 16.0. The zero-order valence-corrected chi connectivity index (χ0v) is 14.9. The molecule has 1 rings (SSSR count). The van der Waals surface area contributed by atoms with Gasteiger partial charge in [-0.05, 0) is 79.9 Å². The number of likely N-dealkylation sites (N-methyl/N-ethyl adjacent to an activating group) is 1. The molecular weight excluding hydrogens is 262 g/mol. The lowest BCUT2D eigenvalue weighted by molar-refractivity contribution is -0.136. The Hall–Kier alpha value is -0.610. The van der Waals surface area contributed by atoms with Gasteiger partial charge in [0.1, 0.15) is 0 Å². The molecule has 1 atom stereocenters. The van der Waals surface area contributed by atoms with Crippen LogP contribution in [0.5, 0.6) is 0 Å².